The van der Waals surface area contributed by atoms with Crippen molar-refractivity contribution in [2.45, 2.75) is 12.8 Å². The number of benzene rings is 1. The van der Waals surface area contributed by atoms with Gasteiger partial charge in [-0.1, -0.05) is 0 Å². The van der Waals surface area contributed by atoms with E-state index in [2.05, 4.69) is 9.88 Å². The lowest BCUT2D eigenvalue weighted by molar-refractivity contribution is 0.0782. The first-order chi connectivity index (χ1) is 9.74. The van der Waals surface area contributed by atoms with E-state index in [-0.39, 0.29) is 5.91 Å². The second-order valence-electron chi connectivity index (χ2n) is 5.56. The topological polar surface area (TPSA) is 39.3 Å². The number of amides is 1. The number of hydrogen-bond donors (Lipinski definition) is 1. The normalized spacial score (nSPS) is 15.8. The van der Waals surface area contributed by atoms with E-state index in [9.17, 15) is 4.79 Å². The Balaban J connectivity index is 1.64. The largest absolute Gasteiger partial charge is 0.361 e. The van der Waals surface area contributed by atoms with Gasteiger partial charge in [0.15, 0.2) is 0 Å². The number of fused-ring (bicyclic) bond motifs is 1. The van der Waals surface area contributed by atoms with Gasteiger partial charge in [-0.2, -0.15) is 0 Å². The molecule has 1 N–H and O–H groups in total. The molecule has 0 aliphatic carbocycles. The predicted octanol–water partition coefficient (Wildman–Crippen LogP) is 2.34. The molecule has 1 aliphatic heterocycles. The maximum atomic E-state index is 12.4. The third-order valence-electron chi connectivity index (χ3n) is 4.10. The molecule has 1 aromatic heterocycles. The van der Waals surface area contributed by atoms with Crippen LogP contribution in [0.3, 0.4) is 0 Å². The van der Waals surface area contributed by atoms with Crippen molar-refractivity contribution in [2.24, 2.45) is 0 Å². The highest BCUT2D eigenvalue weighted by molar-refractivity contribution is 5.97. The van der Waals surface area contributed by atoms with E-state index in [0.717, 1.165) is 29.6 Å². The molecule has 1 aliphatic rings. The minimum atomic E-state index is 0.104. The van der Waals surface area contributed by atoms with Crippen molar-refractivity contribution in [3.8, 4) is 0 Å². The summed E-state index contributed by atoms with van der Waals surface area (Å²) in [4.78, 5) is 19.8. The van der Waals surface area contributed by atoms with Crippen molar-refractivity contribution < 1.29 is 4.79 Å². The molecule has 1 fully saturated rings. The van der Waals surface area contributed by atoms with Crippen LogP contribution in [0.2, 0.25) is 0 Å². The SMILES string of the molecule is CN(CCN1CCCC1)C(=O)c1ccc2[nH]ccc2c1. The van der Waals surface area contributed by atoms with Crippen LogP contribution in [-0.2, 0) is 0 Å². The van der Waals surface area contributed by atoms with E-state index in [4.69, 9.17) is 0 Å². The first kappa shape index (κ1) is 13.2. The van der Waals surface area contributed by atoms with Crippen molar-refractivity contribution in [3.05, 3.63) is 36.0 Å². The third-order valence-corrected chi connectivity index (χ3v) is 4.10. The highest BCUT2D eigenvalue weighted by Crippen LogP contribution is 2.15. The van der Waals surface area contributed by atoms with Crippen molar-refractivity contribution in [1.82, 2.24) is 14.8 Å². The van der Waals surface area contributed by atoms with Crippen LogP contribution in [0.4, 0.5) is 0 Å². The molecule has 0 unspecified atom stereocenters. The summed E-state index contributed by atoms with van der Waals surface area (Å²) in [6.45, 7) is 4.13. The van der Waals surface area contributed by atoms with Crippen molar-refractivity contribution >= 4 is 16.8 Å². The Kier molecular flexibility index (Phi) is 3.74. The number of nitrogens with zero attached hydrogens (tertiary/aromatic N) is 2. The number of carbonyl (C=O) groups is 1. The Morgan fingerprint density at radius 1 is 1.30 bits per heavy atom. The fraction of sp³-hybridized carbons (Fsp3) is 0.438. The second-order valence-corrected chi connectivity index (χ2v) is 5.56. The number of aromatic nitrogens is 1. The Morgan fingerprint density at radius 2 is 2.10 bits per heavy atom. The zero-order valence-electron chi connectivity index (χ0n) is 11.9. The van der Waals surface area contributed by atoms with Crippen LogP contribution in [0, 0.1) is 0 Å². The highest BCUT2D eigenvalue weighted by atomic mass is 16.2. The van der Waals surface area contributed by atoms with Gasteiger partial charge in [0.25, 0.3) is 5.91 Å². The minimum absolute atomic E-state index is 0.104. The van der Waals surface area contributed by atoms with E-state index >= 15 is 0 Å². The number of carbonyl (C=O) groups excluding carboxylic acids is 1. The van der Waals surface area contributed by atoms with Crippen molar-refractivity contribution in [3.63, 3.8) is 0 Å². The van der Waals surface area contributed by atoms with Crippen LogP contribution < -0.4 is 0 Å². The molecule has 1 amide bonds. The van der Waals surface area contributed by atoms with E-state index in [1.807, 2.05) is 42.4 Å². The first-order valence-corrected chi connectivity index (χ1v) is 7.29. The molecule has 106 valence electrons. The molecule has 0 saturated carbocycles. The molecule has 2 aromatic rings. The van der Waals surface area contributed by atoms with Gasteiger partial charge in [0.2, 0.25) is 0 Å². The summed E-state index contributed by atoms with van der Waals surface area (Å²) >= 11 is 0. The molecule has 0 radical (unpaired) electrons. The summed E-state index contributed by atoms with van der Waals surface area (Å²) in [5.41, 5.74) is 1.84. The molecule has 3 rings (SSSR count). The van der Waals surface area contributed by atoms with Gasteiger partial charge < -0.3 is 14.8 Å². The Bertz CT molecular complexity index is 599. The molecule has 1 saturated heterocycles. The number of H-pyrrole nitrogens is 1. The Morgan fingerprint density at radius 3 is 2.90 bits per heavy atom. The monoisotopic (exact) mass is 271 g/mol. The van der Waals surface area contributed by atoms with E-state index in [1.54, 1.807) is 0 Å². The lowest BCUT2D eigenvalue weighted by Gasteiger charge is -2.21. The van der Waals surface area contributed by atoms with Gasteiger partial charge in [-0.05, 0) is 50.2 Å². The summed E-state index contributed by atoms with van der Waals surface area (Å²) in [5.74, 6) is 0.104. The van der Waals surface area contributed by atoms with Crippen LogP contribution >= 0.6 is 0 Å². The molecular weight excluding hydrogens is 250 g/mol. The zero-order chi connectivity index (χ0) is 13.9. The summed E-state index contributed by atoms with van der Waals surface area (Å²) in [6, 6.07) is 7.82. The molecule has 20 heavy (non-hydrogen) atoms. The van der Waals surface area contributed by atoms with Gasteiger partial charge >= 0.3 is 0 Å². The second kappa shape index (κ2) is 5.67. The lowest BCUT2D eigenvalue weighted by atomic mass is 10.1. The summed E-state index contributed by atoms with van der Waals surface area (Å²) in [5, 5.41) is 1.09. The van der Waals surface area contributed by atoms with Gasteiger partial charge in [0, 0.05) is 42.8 Å². The van der Waals surface area contributed by atoms with Gasteiger partial charge in [-0.15, -0.1) is 0 Å². The number of rotatable bonds is 4. The van der Waals surface area contributed by atoms with Crippen molar-refractivity contribution in [2.75, 3.05) is 33.2 Å². The third kappa shape index (κ3) is 2.70. The standard InChI is InChI=1S/C16H21N3O/c1-18(10-11-19-8-2-3-9-19)16(20)14-4-5-15-13(12-14)6-7-17-15/h4-7,12,17H,2-3,8-11H2,1H3. The maximum absolute atomic E-state index is 12.4. The maximum Gasteiger partial charge on any atom is 0.253 e. The molecule has 2 heterocycles. The van der Waals surface area contributed by atoms with Gasteiger partial charge in [-0.3, -0.25) is 4.79 Å². The van der Waals surface area contributed by atoms with E-state index in [1.165, 1.54) is 25.9 Å². The summed E-state index contributed by atoms with van der Waals surface area (Å²) < 4.78 is 0. The molecule has 0 bridgehead atoms. The first-order valence-electron chi connectivity index (χ1n) is 7.29. The minimum Gasteiger partial charge on any atom is -0.361 e. The number of likely N-dealkylation sites (N-methyl/N-ethyl adjacent to an activating group) is 1. The average Bonchev–Trinajstić information content (AvgIpc) is 3.13. The van der Waals surface area contributed by atoms with Crippen LogP contribution in [-0.4, -0.2) is 53.9 Å². The molecule has 0 atom stereocenters. The van der Waals surface area contributed by atoms with Crippen LogP contribution in [0.25, 0.3) is 10.9 Å². The number of nitrogens with one attached hydrogen (secondary N) is 1. The number of hydrogen-bond acceptors (Lipinski definition) is 2. The average molecular weight is 271 g/mol. The Hall–Kier alpha value is -1.81. The smallest absolute Gasteiger partial charge is 0.253 e. The number of likely N-dealkylation sites (tertiary alicyclic amines) is 1. The van der Waals surface area contributed by atoms with E-state index < -0.39 is 0 Å². The molecule has 4 nitrogen and oxygen atoms in total. The molecule has 4 heteroatoms. The van der Waals surface area contributed by atoms with Crippen LogP contribution in [0.1, 0.15) is 23.2 Å². The highest BCUT2D eigenvalue weighted by Gasteiger charge is 2.15. The lowest BCUT2D eigenvalue weighted by Crippen LogP contribution is -2.35. The fourth-order valence-corrected chi connectivity index (χ4v) is 2.81. The van der Waals surface area contributed by atoms with Gasteiger partial charge in [0.05, 0.1) is 0 Å². The molecule has 1 aromatic carbocycles. The van der Waals surface area contributed by atoms with Crippen LogP contribution in [0.5, 0.6) is 0 Å². The quantitative estimate of drug-likeness (QED) is 0.927. The number of aromatic amines is 1. The molecular formula is C16H21N3O. The van der Waals surface area contributed by atoms with Crippen LogP contribution in [0.15, 0.2) is 30.5 Å². The van der Waals surface area contributed by atoms with E-state index in [0.29, 0.717) is 0 Å². The fourth-order valence-electron chi connectivity index (χ4n) is 2.81. The van der Waals surface area contributed by atoms with Crippen molar-refractivity contribution in [1.29, 1.82) is 0 Å². The zero-order valence-corrected chi connectivity index (χ0v) is 11.9. The molecule has 0 spiro atoms. The summed E-state index contributed by atoms with van der Waals surface area (Å²) in [7, 11) is 1.89. The predicted molar refractivity (Wildman–Crippen MR) is 80.9 cm³/mol. The Labute approximate surface area is 119 Å². The van der Waals surface area contributed by atoms with Gasteiger partial charge in [0.1, 0.15) is 0 Å². The van der Waals surface area contributed by atoms with Gasteiger partial charge in [-0.25, -0.2) is 0 Å². The summed E-state index contributed by atoms with van der Waals surface area (Å²) in [6.07, 6.45) is 4.49.